The van der Waals surface area contributed by atoms with Crippen molar-refractivity contribution in [3.05, 3.63) is 111 Å². The second kappa shape index (κ2) is 15.5. The minimum Gasteiger partial charge on any atom is -0.505 e. The maximum atomic E-state index is 15.3. The molecule has 2 aliphatic rings. The van der Waals surface area contributed by atoms with Crippen LogP contribution in [0.3, 0.4) is 0 Å². The number of rotatable bonds is 7. The van der Waals surface area contributed by atoms with Gasteiger partial charge in [-0.2, -0.15) is 5.10 Å². The van der Waals surface area contributed by atoms with Gasteiger partial charge < -0.3 is 15.4 Å². The van der Waals surface area contributed by atoms with E-state index in [0.29, 0.717) is 92.2 Å². The summed E-state index contributed by atoms with van der Waals surface area (Å²) in [7, 11) is 1.31. The third-order valence-electron chi connectivity index (χ3n) is 11.4. The number of benzene rings is 4. The number of aryl methyl sites for hydroxylation is 3. The predicted molar refractivity (Wildman–Crippen MR) is 221 cm³/mol. The molecular weight excluding hydrogens is 773 g/mol. The van der Waals surface area contributed by atoms with Gasteiger partial charge in [0.15, 0.2) is 17.4 Å². The topological polar surface area (TPSA) is 174 Å². The van der Waals surface area contributed by atoms with Crippen molar-refractivity contribution in [2.75, 3.05) is 13.1 Å². The van der Waals surface area contributed by atoms with Crippen molar-refractivity contribution in [1.29, 1.82) is 5.31 Å². The largest absolute Gasteiger partial charge is 0.505 e. The first-order valence-corrected chi connectivity index (χ1v) is 19.8. The van der Waals surface area contributed by atoms with Crippen LogP contribution < -0.4 is 5.32 Å². The van der Waals surface area contributed by atoms with Gasteiger partial charge in [-0.15, -0.1) is 0 Å². The van der Waals surface area contributed by atoms with Crippen LogP contribution in [0.25, 0.3) is 67.1 Å². The second-order valence-corrected chi connectivity index (χ2v) is 15.1. The third kappa shape index (κ3) is 6.91. The van der Waals surface area contributed by atoms with Crippen LogP contribution in [-0.2, 0) is 38.8 Å². The van der Waals surface area contributed by atoms with Gasteiger partial charge in [0, 0.05) is 19.5 Å². The minimum absolute atomic E-state index is 0.307. The molecule has 7 N–H and O–H groups in total. The number of phenolic OH excluding ortho intramolecular Hbond substituents is 1. The quantitative estimate of drug-likeness (QED) is 0.0626. The summed E-state index contributed by atoms with van der Waals surface area (Å²) in [6.45, 7) is 8.48. The summed E-state index contributed by atoms with van der Waals surface area (Å²) in [6.07, 6.45) is 2.82. The summed E-state index contributed by atoms with van der Waals surface area (Å²) in [5, 5.41) is 35.4. The summed E-state index contributed by atoms with van der Waals surface area (Å²) >= 11 is 0. The first-order chi connectivity index (χ1) is 29.0. The Morgan fingerprint density at radius 1 is 0.717 bits per heavy atom. The van der Waals surface area contributed by atoms with E-state index in [-0.39, 0.29) is 5.82 Å². The van der Waals surface area contributed by atoms with E-state index in [9.17, 15) is 13.9 Å². The van der Waals surface area contributed by atoms with Crippen LogP contribution in [0.2, 0.25) is 0 Å². The molecule has 8 aromatic rings. The SMILES string of the molecule is CCc1cc(C)c(F)cc1-c1cc(F)c2c(-c3nc4c([nH]3)CN(B=N)CC4)n[nH]c2c1.CCc1cc(O)c(F)cc1-c1cc(F)c2c(-c3nc4c([nH]3)CNCC4)n[nH]c2c1. The number of nitrogens with zero attached hydrogens (tertiary/aromatic N) is 5. The minimum atomic E-state index is -0.738. The number of aromatic hydroxyl groups is 1. The Hall–Kier alpha value is -6.62. The molecule has 0 atom stereocenters. The molecule has 0 radical (unpaired) electrons. The normalized spacial score (nSPS) is 13.6. The third-order valence-corrected chi connectivity index (χ3v) is 11.4. The van der Waals surface area contributed by atoms with Crippen molar-refractivity contribution in [3.63, 3.8) is 0 Å². The zero-order valence-electron chi connectivity index (χ0n) is 33.0. The van der Waals surface area contributed by atoms with Crippen LogP contribution in [0.15, 0.2) is 48.5 Å². The van der Waals surface area contributed by atoms with E-state index in [2.05, 4.69) is 45.6 Å². The average Bonchev–Trinajstić information content (AvgIpc) is 4.06. The van der Waals surface area contributed by atoms with Gasteiger partial charge in [0.2, 0.25) is 0 Å². The number of nitrogens with one attached hydrogen (secondary N) is 6. The Labute approximate surface area is 341 Å². The molecule has 12 nitrogen and oxygen atoms in total. The van der Waals surface area contributed by atoms with E-state index in [1.165, 1.54) is 37.5 Å². The number of imidazole rings is 2. The molecule has 0 amide bonds. The molecule has 0 fully saturated rings. The van der Waals surface area contributed by atoms with E-state index < -0.39 is 23.2 Å². The molecule has 0 saturated heterocycles. The van der Waals surface area contributed by atoms with Gasteiger partial charge >= 0.3 is 136 Å². The van der Waals surface area contributed by atoms with Crippen molar-refractivity contribution in [1.82, 2.24) is 50.5 Å². The molecule has 2 aliphatic heterocycles. The van der Waals surface area contributed by atoms with Gasteiger partial charge in [-0.1, -0.05) is 19.9 Å². The number of aromatic amines is 4. The molecule has 10 rings (SSSR count). The molecule has 6 heterocycles. The van der Waals surface area contributed by atoms with Gasteiger partial charge in [-0.25, -0.2) is 18.2 Å². The van der Waals surface area contributed by atoms with E-state index >= 15 is 8.78 Å². The fraction of sp³-hybridized carbons (Fsp3) is 0.256. The van der Waals surface area contributed by atoms with E-state index in [0.717, 1.165) is 66.3 Å². The Morgan fingerprint density at radius 2 is 1.28 bits per heavy atom. The summed E-state index contributed by atoms with van der Waals surface area (Å²) in [4.78, 5) is 17.6. The number of hydrogen-bond acceptors (Lipinski definition) is 7. The van der Waals surface area contributed by atoms with Crippen molar-refractivity contribution in [3.8, 4) is 51.0 Å². The molecule has 4 aromatic carbocycles. The van der Waals surface area contributed by atoms with Gasteiger partial charge in [-0.3, -0.25) is 5.10 Å². The first-order valence-electron chi connectivity index (χ1n) is 19.8. The smallest absolute Gasteiger partial charge is 0.165 e. The fourth-order valence-electron chi connectivity index (χ4n) is 8.21. The number of halogens is 4. The maximum Gasteiger partial charge on any atom is 0.165 e. The van der Waals surface area contributed by atoms with E-state index in [4.69, 9.17) is 5.31 Å². The van der Waals surface area contributed by atoms with Crippen LogP contribution in [0.5, 0.6) is 5.75 Å². The number of hydrogen-bond donors (Lipinski definition) is 7. The van der Waals surface area contributed by atoms with Crippen molar-refractivity contribution in [2.45, 2.75) is 59.5 Å². The Balaban J connectivity index is 0.000000154. The number of aromatic nitrogens is 8. The van der Waals surface area contributed by atoms with Gasteiger partial charge in [0.1, 0.15) is 17.3 Å². The molecule has 60 heavy (non-hydrogen) atoms. The molecule has 0 spiro atoms. The Kier molecular flexibility index (Phi) is 10.1. The standard InChI is InChI=1S/C22H21BF2N6.C21H19F2N5O/c1-3-12-6-11(2)15(24)9-14(12)13-7-16(25)20-18(8-13)29-30-21(20)22-27-17-4-5-31(23-26)10-19(17)28-22;1-2-10-7-18(29)13(22)8-12(10)11-5-14(23)19-16(6-11)27-28-20(19)21-25-15-3-4-24-9-17(15)26-21/h6-9,26H,3-5,10H2,1-2H3,(H,27,28)(H,29,30);5-8,24,29H,2-4,9H2,1H3,(H,25,26)(H,27,28). The van der Waals surface area contributed by atoms with Crippen LogP contribution in [-0.4, -0.2) is 70.5 Å². The van der Waals surface area contributed by atoms with Crippen molar-refractivity contribution >= 4 is 29.0 Å². The maximum absolute atomic E-state index is 15.3. The van der Waals surface area contributed by atoms with Crippen LogP contribution in [0, 0.1) is 35.5 Å². The summed E-state index contributed by atoms with van der Waals surface area (Å²) in [5.74, 6) is -1.32. The number of phenols is 1. The first kappa shape index (κ1) is 38.9. The van der Waals surface area contributed by atoms with Gasteiger partial charge in [0.05, 0.1) is 22.3 Å². The molecule has 0 unspecified atom stereocenters. The van der Waals surface area contributed by atoms with Gasteiger partial charge in [0.25, 0.3) is 0 Å². The van der Waals surface area contributed by atoms with Crippen molar-refractivity contribution < 1.29 is 22.7 Å². The molecule has 304 valence electrons. The van der Waals surface area contributed by atoms with Crippen LogP contribution in [0.1, 0.15) is 53.3 Å². The zero-order chi connectivity index (χ0) is 41.8. The van der Waals surface area contributed by atoms with Crippen LogP contribution in [0.4, 0.5) is 17.6 Å². The van der Waals surface area contributed by atoms with E-state index in [1.807, 2.05) is 24.7 Å². The monoisotopic (exact) mass is 813 g/mol. The fourth-order valence-corrected chi connectivity index (χ4v) is 8.21. The van der Waals surface area contributed by atoms with Crippen LogP contribution >= 0.6 is 0 Å². The van der Waals surface area contributed by atoms with E-state index in [1.54, 1.807) is 19.1 Å². The zero-order valence-corrected chi connectivity index (χ0v) is 33.0. The molecule has 0 aliphatic carbocycles. The molecule has 4 aromatic heterocycles. The average molecular weight is 814 g/mol. The van der Waals surface area contributed by atoms with Gasteiger partial charge in [-0.05, 0) is 66.3 Å². The van der Waals surface area contributed by atoms with Crippen molar-refractivity contribution in [2.24, 2.45) is 0 Å². The predicted octanol–water partition coefficient (Wildman–Crippen LogP) is 8.32. The Bertz CT molecular complexity index is 2950. The molecule has 0 saturated carbocycles. The summed E-state index contributed by atoms with van der Waals surface area (Å²) in [5.41, 5.74) is 10.3. The number of fused-ring (bicyclic) bond motifs is 4. The summed E-state index contributed by atoms with van der Waals surface area (Å²) < 4.78 is 58.6. The number of H-pyrrole nitrogens is 4. The molecular formula is C43H40BF4N11O. The second-order valence-electron chi connectivity index (χ2n) is 15.1. The molecule has 17 heteroatoms. The Morgan fingerprint density at radius 3 is 1.87 bits per heavy atom. The molecule has 0 bridgehead atoms. The summed E-state index contributed by atoms with van der Waals surface area (Å²) in [6, 6.07) is 12.3.